The van der Waals surface area contributed by atoms with Crippen LogP contribution >= 0.6 is 0 Å². The average Bonchev–Trinajstić information content (AvgIpc) is 2.76. The van der Waals surface area contributed by atoms with Crippen molar-refractivity contribution in [2.75, 3.05) is 6.54 Å². The van der Waals surface area contributed by atoms with Crippen LogP contribution in [0.15, 0.2) is 30.3 Å². The summed E-state index contributed by atoms with van der Waals surface area (Å²) in [6.07, 6.45) is 2.77. The Morgan fingerprint density at radius 1 is 1.24 bits per heavy atom. The van der Waals surface area contributed by atoms with Gasteiger partial charge in [0.25, 0.3) is 0 Å². The third-order valence-electron chi connectivity index (χ3n) is 7.58. The minimum absolute atomic E-state index is 0.0567. The largest absolute Gasteiger partial charge is 0.507 e. The molecule has 176 valence electrons. The first-order valence-electron chi connectivity index (χ1n) is 11.6. The van der Waals surface area contributed by atoms with E-state index in [1.54, 1.807) is 19.1 Å². The second-order valence-corrected chi connectivity index (χ2v) is 10.1. The molecule has 0 unspecified atom stereocenters. The lowest BCUT2D eigenvalue weighted by molar-refractivity contribution is -0.190. The van der Waals surface area contributed by atoms with E-state index in [0.717, 1.165) is 36.9 Å². The normalized spacial score (nSPS) is 28.2. The van der Waals surface area contributed by atoms with Crippen molar-refractivity contribution in [3.05, 3.63) is 52.6 Å². The van der Waals surface area contributed by atoms with E-state index in [-0.39, 0.29) is 41.2 Å². The van der Waals surface area contributed by atoms with E-state index in [1.165, 1.54) is 0 Å². The lowest BCUT2D eigenvalue weighted by atomic mass is 9.72. The molecular weight excluding hydrogens is 422 g/mol. The van der Waals surface area contributed by atoms with E-state index < -0.39 is 11.6 Å². The average molecular weight is 454 g/mol. The van der Waals surface area contributed by atoms with Crippen LogP contribution in [0.25, 0.3) is 0 Å². The zero-order valence-electron chi connectivity index (χ0n) is 19.2. The molecule has 0 saturated carbocycles. The summed E-state index contributed by atoms with van der Waals surface area (Å²) in [5.74, 6) is -0.511. The van der Waals surface area contributed by atoms with E-state index in [0.29, 0.717) is 17.9 Å². The number of para-hydroxylation sites is 1. The summed E-state index contributed by atoms with van der Waals surface area (Å²) in [6.45, 7) is 7.34. The third-order valence-corrected chi connectivity index (χ3v) is 7.58. The van der Waals surface area contributed by atoms with Gasteiger partial charge in [0.05, 0.1) is 12.2 Å². The molecule has 0 radical (unpaired) electrons. The summed E-state index contributed by atoms with van der Waals surface area (Å²) in [6, 6.07) is 9.09. The topological polar surface area (TPSA) is 99.5 Å². The van der Waals surface area contributed by atoms with Gasteiger partial charge in [-0.25, -0.2) is 4.79 Å². The van der Waals surface area contributed by atoms with Crippen molar-refractivity contribution in [1.82, 2.24) is 4.90 Å². The molecule has 2 aromatic rings. The van der Waals surface area contributed by atoms with Gasteiger partial charge < -0.3 is 24.8 Å². The number of hydrogen-bond acceptors (Lipinski definition) is 6. The maximum Gasteiger partial charge on any atom is 0.339 e. The van der Waals surface area contributed by atoms with Gasteiger partial charge in [-0.05, 0) is 69.8 Å². The maximum absolute atomic E-state index is 11.6. The molecule has 5 rings (SSSR count). The van der Waals surface area contributed by atoms with Crippen molar-refractivity contribution in [3.8, 4) is 17.2 Å². The zero-order chi connectivity index (χ0) is 23.5. The van der Waals surface area contributed by atoms with Gasteiger partial charge in [-0.1, -0.05) is 18.2 Å². The second kappa shape index (κ2) is 7.92. The van der Waals surface area contributed by atoms with E-state index in [9.17, 15) is 20.1 Å². The van der Waals surface area contributed by atoms with Gasteiger partial charge in [-0.2, -0.15) is 0 Å². The third kappa shape index (κ3) is 3.73. The first-order valence-corrected chi connectivity index (χ1v) is 11.6. The Bertz CT molecular complexity index is 1100. The predicted molar refractivity (Wildman–Crippen MR) is 122 cm³/mol. The van der Waals surface area contributed by atoms with Gasteiger partial charge in [-0.3, -0.25) is 4.90 Å². The number of phenols is 2. The fourth-order valence-electron chi connectivity index (χ4n) is 5.91. The summed E-state index contributed by atoms with van der Waals surface area (Å²) in [7, 11) is 0. The van der Waals surface area contributed by atoms with E-state index >= 15 is 0 Å². The molecule has 7 heteroatoms. The molecule has 4 atom stereocenters. The highest BCUT2D eigenvalue weighted by molar-refractivity contribution is 5.91. The Balaban J connectivity index is 1.44. The van der Waals surface area contributed by atoms with Crippen molar-refractivity contribution >= 4 is 5.97 Å². The summed E-state index contributed by atoms with van der Waals surface area (Å²) >= 11 is 0. The van der Waals surface area contributed by atoms with Crippen LogP contribution in [0.4, 0.5) is 0 Å². The fourth-order valence-corrected chi connectivity index (χ4v) is 5.91. The highest BCUT2D eigenvalue weighted by Crippen LogP contribution is 2.54. The van der Waals surface area contributed by atoms with Crippen LogP contribution < -0.4 is 4.74 Å². The van der Waals surface area contributed by atoms with Gasteiger partial charge in [0.1, 0.15) is 16.9 Å². The van der Waals surface area contributed by atoms with Gasteiger partial charge in [0.15, 0.2) is 11.5 Å². The molecule has 2 aromatic carbocycles. The zero-order valence-corrected chi connectivity index (χ0v) is 19.2. The monoisotopic (exact) mass is 453 g/mol. The lowest BCUT2D eigenvalue weighted by Gasteiger charge is -2.54. The van der Waals surface area contributed by atoms with Crippen molar-refractivity contribution in [2.45, 2.75) is 70.4 Å². The molecule has 0 amide bonds. The number of carboxylic acid groups (broad SMARTS) is 1. The molecule has 0 bridgehead atoms. The fraction of sp³-hybridized carbons (Fsp3) is 0.500. The number of phenolic OH excluding ortho intramolecular Hbond substituents is 1. The number of hydrogen-bond donors (Lipinski definition) is 3. The number of carbonyl (C=O) groups is 1. The van der Waals surface area contributed by atoms with Crippen LogP contribution in [0.1, 0.15) is 66.3 Å². The van der Waals surface area contributed by atoms with Crippen LogP contribution in [0.2, 0.25) is 0 Å². The maximum atomic E-state index is 11.6. The number of carboxylic acids is 1. The molecule has 3 aliphatic rings. The summed E-state index contributed by atoms with van der Waals surface area (Å²) in [4.78, 5) is 14.0. The smallest absolute Gasteiger partial charge is 0.339 e. The number of rotatable bonds is 3. The second-order valence-electron chi connectivity index (χ2n) is 10.1. The molecule has 2 fully saturated rings. The molecule has 3 N–H and O–H groups in total. The van der Waals surface area contributed by atoms with Crippen LogP contribution in [0.5, 0.6) is 17.2 Å². The summed E-state index contributed by atoms with van der Waals surface area (Å²) in [5, 5.41) is 30.0. The van der Waals surface area contributed by atoms with Crippen LogP contribution in [-0.2, 0) is 11.3 Å². The standard InChI is InChI=1S/C26H31NO6/c1-14-10-15(11-17(22(14)29)25(30)31)13-27-9-5-8-21-19(27)12-18-23(32-21)16-6-4-7-20(28)24(16)33-26(18,2)3/h4,6-7,10-11,18-19,21,23,28-29H,5,8-9,12-13H2,1-3H3,(H,30,31)/t18-,19-,21-,23+/m1/s1. The number of likely N-dealkylation sites (tertiary alicyclic amines) is 1. The van der Waals surface area contributed by atoms with Gasteiger partial charge in [0, 0.05) is 24.1 Å². The molecule has 0 aromatic heterocycles. The van der Waals surface area contributed by atoms with Gasteiger partial charge in [0.2, 0.25) is 0 Å². The number of nitrogens with zero attached hydrogens (tertiary/aromatic N) is 1. The molecular formula is C26H31NO6. The summed E-state index contributed by atoms with van der Waals surface area (Å²) < 4.78 is 13.0. The number of aryl methyl sites for hydroxylation is 1. The van der Waals surface area contributed by atoms with Crippen LogP contribution in [0.3, 0.4) is 0 Å². The Morgan fingerprint density at radius 3 is 2.79 bits per heavy atom. The Morgan fingerprint density at radius 2 is 2.03 bits per heavy atom. The highest BCUT2D eigenvalue weighted by Gasteiger charge is 2.52. The van der Waals surface area contributed by atoms with Crippen molar-refractivity contribution in [2.24, 2.45) is 5.92 Å². The number of ether oxygens (including phenoxy) is 2. The highest BCUT2D eigenvalue weighted by atomic mass is 16.5. The first-order chi connectivity index (χ1) is 15.7. The molecule has 0 spiro atoms. The van der Waals surface area contributed by atoms with Crippen molar-refractivity contribution in [1.29, 1.82) is 0 Å². The number of aromatic carboxylic acids is 1. The number of benzene rings is 2. The van der Waals surface area contributed by atoms with E-state index in [2.05, 4.69) is 18.7 Å². The van der Waals surface area contributed by atoms with E-state index in [4.69, 9.17) is 9.47 Å². The van der Waals surface area contributed by atoms with Gasteiger partial charge in [-0.15, -0.1) is 0 Å². The number of fused-ring (bicyclic) bond motifs is 4. The Hall–Kier alpha value is -2.77. The van der Waals surface area contributed by atoms with Gasteiger partial charge >= 0.3 is 5.97 Å². The molecule has 2 saturated heterocycles. The molecule has 33 heavy (non-hydrogen) atoms. The quantitative estimate of drug-likeness (QED) is 0.634. The summed E-state index contributed by atoms with van der Waals surface area (Å²) in [5.41, 5.74) is 1.79. The predicted octanol–water partition coefficient (Wildman–Crippen LogP) is 4.39. The van der Waals surface area contributed by atoms with Crippen LogP contribution in [0, 0.1) is 12.8 Å². The minimum Gasteiger partial charge on any atom is -0.507 e. The number of piperidine rings is 1. The van der Waals surface area contributed by atoms with Crippen molar-refractivity contribution < 1.29 is 29.6 Å². The molecule has 0 aliphatic carbocycles. The minimum atomic E-state index is -1.12. The van der Waals surface area contributed by atoms with Crippen molar-refractivity contribution in [3.63, 3.8) is 0 Å². The van der Waals surface area contributed by atoms with Crippen LogP contribution in [-0.4, -0.2) is 50.5 Å². The van der Waals surface area contributed by atoms with E-state index in [1.807, 2.05) is 18.2 Å². The molecule has 7 nitrogen and oxygen atoms in total. The number of aromatic hydroxyl groups is 2. The SMILES string of the molecule is Cc1cc(CN2CCC[C@H]3O[C@H]4c5cccc(O)c5OC(C)(C)[C@@H]4C[C@H]32)cc(C(=O)O)c1O. The Kier molecular flexibility index (Phi) is 5.29. The lowest BCUT2D eigenvalue weighted by Crippen LogP contribution is -2.58. The Labute approximate surface area is 193 Å². The molecule has 3 heterocycles. The first kappa shape index (κ1) is 22.0. The molecule has 3 aliphatic heterocycles.